The van der Waals surface area contributed by atoms with Gasteiger partial charge in [0.05, 0.1) is 20.3 Å². The van der Waals surface area contributed by atoms with E-state index >= 15 is 0 Å². The zero-order chi connectivity index (χ0) is 21.0. The summed E-state index contributed by atoms with van der Waals surface area (Å²) in [5, 5.41) is 0. The van der Waals surface area contributed by atoms with Crippen molar-refractivity contribution in [2.45, 2.75) is 90.9 Å². The molecule has 163 valence electrons. The number of methoxy groups -OCH3 is 1. The quantitative estimate of drug-likeness (QED) is 0.187. The Morgan fingerprint density at radius 2 is 1.21 bits per heavy atom. The molecule has 0 saturated carbocycles. The van der Waals surface area contributed by atoms with Gasteiger partial charge in [-0.2, -0.15) is 0 Å². The molecule has 6 nitrogen and oxygen atoms in total. The Bertz CT molecular complexity index is 421. The molecule has 0 aliphatic heterocycles. The molecule has 0 aliphatic rings. The molecule has 0 N–H and O–H groups in total. The Labute approximate surface area is 170 Å². The highest BCUT2D eigenvalue weighted by atomic mass is 16.5. The highest BCUT2D eigenvalue weighted by Gasteiger charge is 2.11. The fraction of sp³-hybridized carbons (Fsp3) is 0.818. The smallest absolute Gasteiger partial charge is 0.305 e. The lowest BCUT2D eigenvalue weighted by molar-refractivity contribution is -0.144. The number of esters is 3. The van der Waals surface area contributed by atoms with Crippen LogP contribution in [0.25, 0.3) is 0 Å². The molecule has 1 unspecified atom stereocenters. The average molecular weight is 400 g/mol. The Morgan fingerprint density at radius 3 is 1.79 bits per heavy atom. The van der Waals surface area contributed by atoms with Gasteiger partial charge in [-0.05, 0) is 51.9 Å². The molecule has 1 atom stereocenters. The number of rotatable bonds is 18. The van der Waals surface area contributed by atoms with Crippen LogP contribution in [0.1, 0.15) is 90.9 Å². The van der Waals surface area contributed by atoms with E-state index in [1.165, 1.54) is 7.11 Å². The third kappa shape index (κ3) is 16.6. The predicted molar refractivity (Wildman–Crippen MR) is 108 cm³/mol. The highest BCUT2D eigenvalue weighted by molar-refractivity contribution is 5.69. The predicted octanol–water partition coefficient (Wildman–Crippen LogP) is 4.79. The lowest BCUT2D eigenvalue weighted by Gasteiger charge is -2.16. The second kappa shape index (κ2) is 18.8. The van der Waals surface area contributed by atoms with Gasteiger partial charge >= 0.3 is 17.9 Å². The highest BCUT2D eigenvalue weighted by Crippen LogP contribution is 2.23. The van der Waals surface area contributed by atoms with Crippen LogP contribution in [-0.2, 0) is 28.6 Å². The largest absolute Gasteiger partial charge is 0.469 e. The molecule has 0 amide bonds. The Hall–Kier alpha value is -1.59. The summed E-state index contributed by atoms with van der Waals surface area (Å²) in [6.07, 6.45) is 12.3. The molecular formula is C22H39O6. The van der Waals surface area contributed by atoms with E-state index in [1.54, 1.807) is 0 Å². The summed E-state index contributed by atoms with van der Waals surface area (Å²) in [4.78, 5) is 34.0. The maximum absolute atomic E-state index is 11.4. The van der Waals surface area contributed by atoms with Gasteiger partial charge in [-0.3, -0.25) is 14.4 Å². The van der Waals surface area contributed by atoms with Gasteiger partial charge in [-0.1, -0.05) is 32.1 Å². The maximum Gasteiger partial charge on any atom is 0.305 e. The van der Waals surface area contributed by atoms with Crippen molar-refractivity contribution in [1.82, 2.24) is 0 Å². The first kappa shape index (κ1) is 26.4. The minimum absolute atomic E-state index is 0.118. The minimum Gasteiger partial charge on any atom is -0.469 e. The second-order valence-corrected chi connectivity index (χ2v) is 6.92. The number of unbranched alkanes of at least 4 members (excludes halogenated alkanes) is 4. The summed E-state index contributed by atoms with van der Waals surface area (Å²) < 4.78 is 14.6. The molecule has 0 fully saturated rings. The van der Waals surface area contributed by atoms with Crippen LogP contribution in [0.5, 0.6) is 0 Å². The summed E-state index contributed by atoms with van der Waals surface area (Å²) in [6, 6.07) is 0. The van der Waals surface area contributed by atoms with Crippen LogP contribution in [0.3, 0.4) is 0 Å². The fourth-order valence-corrected chi connectivity index (χ4v) is 3.08. The summed E-state index contributed by atoms with van der Waals surface area (Å²) in [5.74, 6) is 0.0632. The second-order valence-electron chi connectivity index (χ2n) is 6.92. The zero-order valence-electron chi connectivity index (χ0n) is 18.0. The van der Waals surface area contributed by atoms with Crippen molar-refractivity contribution in [3.63, 3.8) is 0 Å². The van der Waals surface area contributed by atoms with Crippen LogP contribution in [0.4, 0.5) is 0 Å². The third-order valence-corrected chi connectivity index (χ3v) is 4.58. The summed E-state index contributed by atoms with van der Waals surface area (Å²) in [5.41, 5.74) is 0. The van der Waals surface area contributed by atoms with Gasteiger partial charge in [0.2, 0.25) is 0 Å². The van der Waals surface area contributed by atoms with Crippen molar-refractivity contribution >= 4 is 17.9 Å². The molecule has 0 aromatic carbocycles. The SMILES string of the molecule is CCOC(=O)CCC[CH]C(CCCCCC(=O)OCC)CCCCC(=O)OC. The van der Waals surface area contributed by atoms with Crippen LogP contribution >= 0.6 is 0 Å². The van der Waals surface area contributed by atoms with Crippen molar-refractivity contribution in [3.05, 3.63) is 6.42 Å². The first-order valence-corrected chi connectivity index (χ1v) is 10.7. The maximum atomic E-state index is 11.4. The summed E-state index contributed by atoms with van der Waals surface area (Å²) >= 11 is 0. The van der Waals surface area contributed by atoms with Gasteiger partial charge in [0.25, 0.3) is 0 Å². The van der Waals surface area contributed by atoms with Crippen LogP contribution in [0.2, 0.25) is 0 Å². The van der Waals surface area contributed by atoms with E-state index in [0.29, 0.717) is 38.4 Å². The number of carbonyl (C=O) groups excluding carboxylic acids is 3. The normalized spacial score (nSPS) is 11.7. The van der Waals surface area contributed by atoms with E-state index in [-0.39, 0.29) is 17.9 Å². The topological polar surface area (TPSA) is 78.9 Å². The van der Waals surface area contributed by atoms with Crippen LogP contribution in [0, 0.1) is 12.3 Å². The van der Waals surface area contributed by atoms with Gasteiger partial charge in [0.1, 0.15) is 0 Å². The lowest BCUT2D eigenvalue weighted by Crippen LogP contribution is -2.06. The van der Waals surface area contributed by atoms with Gasteiger partial charge < -0.3 is 14.2 Å². The van der Waals surface area contributed by atoms with E-state index in [9.17, 15) is 14.4 Å². The van der Waals surface area contributed by atoms with Crippen molar-refractivity contribution in [3.8, 4) is 0 Å². The number of ether oxygens (including phenoxy) is 3. The molecule has 0 bridgehead atoms. The van der Waals surface area contributed by atoms with Crippen LogP contribution in [-0.4, -0.2) is 38.2 Å². The Balaban J connectivity index is 4.07. The summed E-state index contributed by atoms with van der Waals surface area (Å²) in [6.45, 7) is 4.50. The molecule has 0 aromatic heterocycles. The minimum atomic E-state index is -0.158. The van der Waals surface area contributed by atoms with E-state index in [1.807, 2.05) is 13.8 Å². The molecule has 0 spiro atoms. The van der Waals surface area contributed by atoms with Crippen LogP contribution in [0.15, 0.2) is 0 Å². The monoisotopic (exact) mass is 399 g/mol. The lowest BCUT2D eigenvalue weighted by atomic mass is 9.90. The molecule has 1 radical (unpaired) electrons. The van der Waals surface area contributed by atoms with Gasteiger partial charge in [-0.15, -0.1) is 0 Å². The first-order valence-electron chi connectivity index (χ1n) is 10.7. The zero-order valence-corrected chi connectivity index (χ0v) is 18.0. The molecule has 0 aromatic rings. The Morgan fingerprint density at radius 1 is 0.714 bits per heavy atom. The molecule has 6 heteroatoms. The van der Waals surface area contributed by atoms with Gasteiger partial charge in [-0.25, -0.2) is 0 Å². The van der Waals surface area contributed by atoms with Crippen molar-refractivity contribution < 1.29 is 28.6 Å². The van der Waals surface area contributed by atoms with Crippen molar-refractivity contribution in [1.29, 1.82) is 0 Å². The first-order chi connectivity index (χ1) is 13.5. The Kier molecular flexibility index (Phi) is 17.7. The van der Waals surface area contributed by atoms with Crippen LogP contribution < -0.4 is 0 Å². The molecule has 0 aliphatic carbocycles. The van der Waals surface area contributed by atoms with Crippen molar-refractivity contribution in [2.75, 3.05) is 20.3 Å². The molecule has 0 rings (SSSR count). The molecule has 28 heavy (non-hydrogen) atoms. The fourth-order valence-electron chi connectivity index (χ4n) is 3.08. The molecular weight excluding hydrogens is 360 g/mol. The summed E-state index contributed by atoms with van der Waals surface area (Å²) in [7, 11) is 1.42. The number of carbonyl (C=O) groups is 3. The number of hydrogen-bond donors (Lipinski definition) is 0. The van der Waals surface area contributed by atoms with E-state index in [2.05, 4.69) is 11.2 Å². The molecule has 0 saturated heterocycles. The van der Waals surface area contributed by atoms with E-state index < -0.39 is 0 Å². The third-order valence-electron chi connectivity index (χ3n) is 4.58. The van der Waals surface area contributed by atoms with Gasteiger partial charge in [0.15, 0.2) is 0 Å². The van der Waals surface area contributed by atoms with E-state index in [0.717, 1.165) is 57.8 Å². The average Bonchev–Trinajstić information content (AvgIpc) is 2.67. The standard InChI is InChI=1S/C22H39O6/c1-4-27-21(24)17-8-6-7-13-19(14-9-11-16-20(23)26-3)15-10-12-18-22(25)28-5-2/h15,19H,4-14,16-18H2,1-3H3. The van der Waals surface area contributed by atoms with E-state index in [4.69, 9.17) is 9.47 Å². The van der Waals surface area contributed by atoms with Crippen molar-refractivity contribution in [2.24, 2.45) is 5.92 Å². The van der Waals surface area contributed by atoms with Gasteiger partial charge in [0, 0.05) is 19.3 Å². The number of hydrogen-bond acceptors (Lipinski definition) is 6. The molecule has 0 heterocycles.